The number of ether oxygens (including phenoxy) is 1. The van der Waals surface area contributed by atoms with Crippen LogP contribution in [-0.2, 0) is 30.3 Å². The second kappa shape index (κ2) is 20.4. The molecule has 5 amide bonds. The summed E-state index contributed by atoms with van der Waals surface area (Å²) in [7, 11) is 0. The number of amides is 5. The Morgan fingerprint density at radius 1 is 0.845 bits per heavy atom. The van der Waals surface area contributed by atoms with Gasteiger partial charge < -0.3 is 26.0 Å². The third kappa shape index (κ3) is 11.4. The molecule has 0 saturated carbocycles. The summed E-state index contributed by atoms with van der Waals surface area (Å²) in [6.45, 7) is 3.32. The highest BCUT2D eigenvalue weighted by Gasteiger charge is 2.23. The van der Waals surface area contributed by atoms with Crippen molar-refractivity contribution in [1.82, 2.24) is 30.6 Å². The third-order valence-electron chi connectivity index (χ3n) is 9.60. The van der Waals surface area contributed by atoms with Gasteiger partial charge >= 0.3 is 0 Å². The quantitative estimate of drug-likeness (QED) is 0.0495. The lowest BCUT2D eigenvalue weighted by Gasteiger charge is -2.30. The average Bonchev–Trinajstić information content (AvgIpc) is 3.57. The van der Waals surface area contributed by atoms with Gasteiger partial charge in [0.05, 0.1) is 48.4 Å². The number of aromatic nitrogens is 3. The average molecular weight is 787 g/mol. The van der Waals surface area contributed by atoms with E-state index in [1.165, 1.54) is 23.2 Å². The number of imide groups is 1. The van der Waals surface area contributed by atoms with Gasteiger partial charge in [-0.2, -0.15) is 5.10 Å². The highest BCUT2D eigenvalue weighted by molar-refractivity contribution is 6.13. The zero-order valence-corrected chi connectivity index (χ0v) is 32.1. The maximum Gasteiger partial charge on any atom is 0.278 e. The fourth-order valence-electron chi connectivity index (χ4n) is 6.42. The van der Waals surface area contributed by atoms with Crippen LogP contribution < -0.4 is 26.7 Å². The molecule has 5 N–H and O–H groups in total. The molecule has 0 radical (unpaired) electrons. The molecule has 0 bridgehead atoms. The van der Waals surface area contributed by atoms with Gasteiger partial charge in [0.15, 0.2) is 11.5 Å². The van der Waals surface area contributed by atoms with Crippen LogP contribution in [0.2, 0.25) is 0 Å². The first kappa shape index (κ1) is 40.8. The lowest BCUT2D eigenvalue weighted by atomic mass is 10.1. The number of nitrogens with one attached hydrogen (secondary N) is 3. The first-order valence-electron chi connectivity index (χ1n) is 19.3. The van der Waals surface area contributed by atoms with Crippen LogP contribution in [0.3, 0.4) is 0 Å². The summed E-state index contributed by atoms with van der Waals surface area (Å²) in [5.74, 6) is -1.51. The maximum absolute atomic E-state index is 13.4. The molecule has 16 nitrogen and oxygen atoms in total. The zero-order valence-electron chi connectivity index (χ0n) is 32.1. The van der Waals surface area contributed by atoms with Crippen LogP contribution in [-0.4, -0.2) is 94.5 Å². The van der Waals surface area contributed by atoms with E-state index in [0.717, 1.165) is 22.4 Å². The van der Waals surface area contributed by atoms with E-state index in [9.17, 15) is 24.0 Å². The molecule has 0 unspecified atom stereocenters. The number of hydrogen-bond donors (Lipinski definition) is 4. The number of nitrogens with zero attached hydrogens (tertiary/aromatic N) is 6. The van der Waals surface area contributed by atoms with Gasteiger partial charge in [0.2, 0.25) is 11.8 Å². The van der Waals surface area contributed by atoms with Gasteiger partial charge in [0.1, 0.15) is 0 Å². The minimum Gasteiger partial charge on any atom is -0.382 e. The Morgan fingerprint density at radius 2 is 1.60 bits per heavy atom. The Kier molecular flexibility index (Phi) is 14.4. The zero-order chi connectivity index (χ0) is 40.7. The Morgan fingerprint density at radius 3 is 2.36 bits per heavy atom. The summed E-state index contributed by atoms with van der Waals surface area (Å²) < 4.78 is 5.46. The molecule has 0 aliphatic carbocycles. The van der Waals surface area contributed by atoms with Gasteiger partial charge in [0, 0.05) is 69.4 Å². The monoisotopic (exact) mass is 786 g/mol. The number of hydrogen-bond acceptors (Lipinski definition) is 12. The van der Waals surface area contributed by atoms with Crippen molar-refractivity contribution in [2.75, 3.05) is 55.3 Å². The van der Waals surface area contributed by atoms with Gasteiger partial charge in [0.25, 0.3) is 17.7 Å². The van der Waals surface area contributed by atoms with Crippen LogP contribution in [0.1, 0.15) is 60.1 Å². The number of benzene rings is 2. The van der Waals surface area contributed by atoms with E-state index in [1.54, 1.807) is 12.4 Å². The van der Waals surface area contributed by atoms with Crippen LogP contribution in [0.4, 0.5) is 17.2 Å². The maximum atomic E-state index is 13.4. The van der Waals surface area contributed by atoms with E-state index in [0.29, 0.717) is 88.6 Å². The largest absolute Gasteiger partial charge is 0.382 e. The molecule has 2 aromatic carbocycles. The summed E-state index contributed by atoms with van der Waals surface area (Å²) in [6.07, 6.45) is 10.5. The first-order chi connectivity index (χ1) is 28.2. The minimum atomic E-state index is -0.497. The number of nitrogen functional groups attached to an aromatic ring is 1. The van der Waals surface area contributed by atoms with Crippen LogP contribution >= 0.6 is 0 Å². The summed E-state index contributed by atoms with van der Waals surface area (Å²) in [5, 5.41) is 10.2. The number of carbonyl (C=O) groups is 5. The Labute approximate surface area is 336 Å². The molecule has 0 atom stereocenters. The molecular formula is C42H46N10O6. The molecule has 2 aromatic heterocycles. The fourth-order valence-corrected chi connectivity index (χ4v) is 6.42. The first-order valence-corrected chi connectivity index (χ1v) is 19.3. The summed E-state index contributed by atoms with van der Waals surface area (Å²) in [4.78, 5) is 78.4. The van der Waals surface area contributed by atoms with Crippen molar-refractivity contribution in [3.8, 4) is 11.3 Å². The van der Waals surface area contributed by atoms with Gasteiger partial charge in [-0.1, -0.05) is 61.0 Å². The fraction of sp³-hybridized carbons (Fsp3) is 0.310. The van der Waals surface area contributed by atoms with Crippen molar-refractivity contribution in [2.24, 2.45) is 5.10 Å². The Bertz CT molecular complexity index is 2140. The molecule has 2 aliphatic heterocycles. The van der Waals surface area contributed by atoms with Gasteiger partial charge in [-0.25, -0.2) is 15.4 Å². The smallest absolute Gasteiger partial charge is 0.278 e. The van der Waals surface area contributed by atoms with Crippen LogP contribution in [0, 0.1) is 0 Å². The molecule has 6 rings (SSSR count). The SMILES string of the molecule is Nc1ncc(-c2ccc(CCNC(=O)CC/C(=N/NC(=O)CCCCCN3C(=O)C=CC3=O)c3ccccc3)cc2)nc1C(=O)Nc1cnccc1N1CCOCC1. The summed E-state index contributed by atoms with van der Waals surface area (Å²) in [5.41, 5.74) is 13.7. The van der Waals surface area contributed by atoms with E-state index >= 15 is 0 Å². The summed E-state index contributed by atoms with van der Waals surface area (Å²) in [6, 6.07) is 18.8. The number of morpholine rings is 1. The van der Waals surface area contributed by atoms with Crippen LogP contribution in [0.15, 0.2) is 96.5 Å². The van der Waals surface area contributed by atoms with Crippen molar-refractivity contribution in [3.05, 3.63) is 108 Å². The summed E-state index contributed by atoms with van der Waals surface area (Å²) >= 11 is 0. The molecule has 2 aliphatic rings. The molecule has 58 heavy (non-hydrogen) atoms. The number of pyridine rings is 1. The number of hydrazone groups is 1. The van der Waals surface area contributed by atoms with Crippen molar-refractivity contribution in [2.45, 2.75) is 44.9 Å². The lowest BCUT2D eigenvalue weighted by molar-refractivity contribution is -0.137. The topological polar surface area (TPSA) is 214 Å². The predicted molar refractivity (Wildman–Crippen MR) is 218 cm³/mol. The van der Waals surface area contributed by atoms with E-state index in [-0.39, 0.29) is 48.0 Å². The standard InChI is InChI=1S/C42H46N10O6/c43-41-40(42(57)48-34-27-44-20-19-35(34)51-23-25-58-26-24-51)47-33(28-46-41)31-12-10-29(11-13-31)18-21-45-36(53)15-14-32(30-7-3-1-4-8-30)49-50-37(54)9-5-2-6-22-52-38(55)16-17-39(52)56/h1,3-4,7-8,10-13,16-17,19-20,27-28H,2,5-6,9,14-15,18,21-26H2,(H2,43,46)(H,45,53)(H,48,57)(H,50,54)/b49-32-. The Hall–Kier alpha value is -6.81. The second-order valence-corrected chi connectivity index (χ2v) is 13.7. The predicted octanol–water partition coefficient (Wildman–Crippen LogP) is 3.65. The van der Waals surface area contributed by atoms with Crippen LogP contribution in [0.5, 0.6) is 0 Å². The number of rotatable bonds is 18. The second-order valence-electron chi connectivity index (χ2n) is 13.7. The molecule has 1 fully saturated rings. The van der Waals surface area contributed by atoms with Crippen molar-refractivity contribution in [1.29, 1.82) is 0 Å². The number of carbonyl (C=O) groups excluding carboxylic acids is 5. The van der Waals surface area contributed by atoms with E-state index in [1.807, 2.05) is 60.7 Å². The van der Waals surface area contributed by atoms with E-state index in [2.05, 4.69) is 41.0 Å². The molecule has 300 valence electrons. The molecule has 1 saturated heterocycles. The normalized spacial score (nSPS) is 14.1. The third-order valence-corrected chi connectivity index (χ3v) is 9.60. The van der Waals surface area contributed by atoms with Gasteiger partial charge in [-0.05, 0) is 36.5 Å². The highest BCUT2D eigenvalue weighted by atomic mass is 16.5. The minimum absolute atomic E-state index is 0.00161. The van der Waals surface area contributed by atoms with Gasteiger partial charge in [-0.3, -0.25) is 33.9 Å². The molecule has 0 spiro atoms. The van der Waals surface area contributed by atoms with E-state index < -0.39 is 5.91 Å². The highest BCUT2D eigenvalue weighted by Crippen LogP contribution is 2.27. The molecule has 4 heterocycles. The van der Waals surface area contributed by atoms with Crippen molar-refractivity contribution < 1.29 is 28.7 Å². The molecule has 16 heteroatoms. The van der Waals surface area contributed by atoms with E-state index in [4.69, 9.17) is 10.5 Å². The van der Waals surface area contributed by atoms with Crippen molar-refractivity contribution >= 4 is 52.4 Å². The molecule has 4 aromatic rings. The lowest BCUT2D eigenvalue weighted by Crippen LogP contribution is -2.36. The number of anilines is 3. The van der Waals surface area contributed by atoms with Gasteiger partial charge in [-0.15, -0.1) is 0 Å². The Balaban J connectivity index is 0.954. The van der Waals surface area contributed by atoms with Crippen molar-refractivity contribution in [3.63, 3.8) is 0 Å². The number of nitrogens with two attached hydrogens (primary N) is 1. The number of unbranched alkanes of at least 4 members (excludes halogenated alkanes) is 2. The van der Waals surface area contributed by atoms with Crippen LogP contribution in [0.25, 0.3) is 11.3 Å². The molecular weight excluding hydrogens is 741 g/mol.